The fraction of sp³-hybridized carbons (Fsp3) is 0.429. The molecule has 1 aromatic rings. The summed E-state index contributed by atoms with van der Waals surface area (Å²) < 4.78 is 13.0. The van der Waals surface area contributed by atoms with Gasteiger partial charge in [0.15, 0.2) is 0 Å². The third kappa shape index (κ3) is 4.32. The van der Waals surface area contributed by atoms with Crippen LogP contribution in [0.5, 0.6) is 0 Å². The summed E-state index contributed by atoms with van der Waals surface area (Å²) >= 11 is 5.66. The summed E-state index contributed by atoms with van der Waals surface area (Å²) in [5.41, 5.74) is 0.431. The van der Waals surface area contributed by atoms with Crippen molar-refractivity contribution >= 4 is 29.3 Å². The van der Waals surface area contributed by atoms with Crippen molar-refractivity contribution in [3.8, 4) is 0 Å². The molecule has 1 saturated heterocycles. The second-order valence-corrected chi connectivity index (χ2v) is 5.50. The molecule has 0 spiro atoms. The number of carbonyl (C=O) groups is 2. The first kappa shape index (κ1) is 15.6. The largest absolute Gasteiger partial charge is 0.481 e. The molecule has 0 saturated carbocycles. The molecular formula is C14H16ClFN2O3. The topological polar surface area (TPSA) is 69.6 Å². The monoisotopic (exact) mass is 314 g/mol. The number of nitrogens with one attached hydrogen (secondary N) is 1. The van der Waals surface area contributed by atoms with E-state index in [0.29, 0.717) is 25.2 Å². The van der Waals surface area contributed by atoms with Gasteiger partial charge < -0.3 is 15.3 Å². The molecular weight excluding hydrogens is 299 g/mol. The summed E-state index contributed by atoms with van der Waals surface area (Å²) in [6.07, 6.45) is 1.49. The molecule has 114 valence electrons. The van der Waals surface area contributed by atoms with Crippen LogP contribution in [-0.2, 0) is 4.79 Å². The van der Waals surface area contributed by atoms with Crippen molar-refractivity contribution < 1.29 is 19.1 Å². The van der Waals surface area contributed by atoms with E-state index >= 15 is 0 Å². The Morgan fingerprint density at radius 2 is 2.24 bits per heavy atom. The van der Waals surface area contributed by atoms with Crippen molar-refractivity contribution in [1.82, 2.24) is 4.90 Å². The first-order valence-corrected chi connectivity index (χ1v) is 7.06. The second-order valence-electron chi connectivity index (χ2n) is 5.09. The Morgan fingerprint density at radius 3 is 2.90 bits per heavy atom. The molecule has 2 amide bonds. The standard InChI is InChI=1S/C14H16ClFN2O3/c15-11-7-10(2-3-12(11)16)17-14(21)18-6-5-9(8-18)1-4-13(19)20/h2-3,7,9H,1,4-6,8H2,(H,17,21)(H,19,20). The molecule has 1 fully saturated rings. The van der Waals surface area contributed by atoms with Crippen LogP contribution in [0, 0.1) is 11.7 Å². The Labute approximate surface area is 126 Å². The number of rotatable bonds is 4. The molecule has 1 atom stereocenters. The molecule has 1 heterocycles. The van der Waals surface area contributed by atoms with Crippen LogP contribution in [0.3, 0.4) is 0 Å². The molecule has 7 heteroatoms. The summed E-state index contributed by atoms with van der Waals surface area (Å²) in [4.78, 5) is 24.2. The van der Waals surface area contributed by atoms with E-state index in [0.717, 1.165) is 6.42 Å². The van der Waals surface area contributed by atoms with Gasteiger partial charge in [-0.25, -0.2) is 9.18 Å². The molecule has 0 bridgehead atoms. The second kappa shape index (κ2) is 6.76. The maximum Gasteiger partial charge on any atom is 0.321 e. The van der Waals surface area contributed by atoms with Crippen LogP contribution < -0.4 is 5.32 Å². The molecule has 0 aliphatic carbocycles. The highest BCUT2D eigenvalue weighted by molar-refractivity contribution is 6.31. The minimum Gasteiger partial charge on any atom is -0.481 e. The Balaban J connectivity index is 1.86. The molecule has 0 aromatic heterocycles. The molecule has 1 aliphatic heterocycles. The zero-order valence-electron chi connectivity index (χ0n) is 11.3. The molecule has 0 radical (unpaired) electrons. The van der Waals surface area contributed by atoms with Gasteiger partial charge in [0.2, 0.25) is 0 Å². The predicted octanol–water partition coefficient (Wildman–Crippen LogP) is 3.20. The van der Waals surface area contributed by atoms with Gasteiger partial charge in [0.25, 0.3) is 0 Å². The number of carbonyl (C=O) groups excluding carboxylic acids is 1. The van der Waals surface area contributed by atoms with Crippen LogP contribution in [-0.4, -0.2) is 35.1 Å². The van der Waals surface area contributed by atoms with E-state index < -0.39 is 11.8 Å². The maximum absolute atomic E-state index is 13.0. The average molecular weight is 315 g/mol. The SMILES string of the molecule is O=C(O)CCC1CCN(C(=O)Nc2ccc(F)c(Cl)c2)C1. The van der Waals surface area contributed by atoms with Crippen LogP contribution in [0.4, 0.5) is 14.9 Å². The van der Waals surface area contributed by atoms with E-state index in [9.17, 15) is 14.0 Å². The van der Waals surface area contributed by atoms with Crippen LogP contribution in [0.1, 0.15) is 19.3 Å². The first-order chi connectivity index (χ1) is 9.95. The van der Waals surface area contributed by atoms with Crippen LogP contribution in [0.25, 0.3) is 0 Å². The third-order valence-corrected chi connectivity index (χ3v) is 3.80. The molecule has 2 N–H and O–H groups in total. The molecule has 1 aromatic carbocycles. The zero-order chi connectivity index (χ0) is 15.4. The number of hydrogen-bond donors (Lipinski definition) is 2. The van der Waals surface area contributed by atoms with Gasteiger partial charge in [-0.05, 0) is 37.0 Å². The van der Waals surface area contributed by atoms with Crippen molar-refractivity contribution in [2.24, 2.45) is 5.92 Å². The number of anilines is 1. The lowest BCUT2D eigenvalue weighted by molar-refractivity contribution is -0.137. The highest BCUT2D eigenvalue weighted by atomic mass is 35.5. The molecule has 21 heavy (non-hydrogen) atoms. The molecule has 1 aliphatic rings. The summed E-state index contributed by atoms with van der Waals surface area (Å²) in [6.45, 7) is 1.12. The Bertz CT molecular complexity index is 553. The van der Waals surface area contributed by atoms with Gasteiger partial charge in [0, 0.05) is 25.2 Å². The normalized spacial score (nSPS) is 17.8. The number of likely N-dealkylation sites (tertiary alicyclic amines) is 1. The number of carboxylic acid groups (broad SMARTS) is 1. The number of aliphatic carboxylic acids is 1. The van der Waals surface area contributed by atoms with E-state index in [2.05, 4.69) is 5.32 Å². The minimum atomic E-state index is -0.821. The Kier molecular flexibility index (Phi) is 5.01. The quantitative estimate of drug-likeness (QED) is 0.896. The van der Waals surface area contributed by atoms with Crippen LogP contribution in [0.15, 0.2) is 18.2 Å². The number of halogens is 2. The first-order valence-electron chi connectivity index (χ1n) is 6.68. The highest BCUT2D eigenvalue weighted by Crippen LogP contribution is 2.23. The van der Waals surface area contributed by atoms with E-state index in [1.54, 1.807) is 4.90 Å². The molecule has 1 unspecified atom stereocenters. The van der Waals surface area contributed by atoms with Crippen molar-refractivity contribution in [1.29, 1.82) is 0 Å². The number of hydrogen-bond acceptors (Lipinski definition) is 2. The number of benzene rings is 1. The average Bonchev–Trinajstić information content (AvgIpc) is 2.89. The fourth-order valence-electron chi connectivity index (χ4n) is 2.36. The van der Waals surface area contributed by atoms with Gasteiger partial charge in [0.05, 0.1) is 5.02 Å². The summed E-state index contributed by atoms with van der Waals surface area (Å²) in [5.74, 6) is -1.15. The van der Waals surface area contributed by atoms with Crippen molar-refractivity contribution in [2.45, 2.75) is 19.3 Å². The minimum absolute atomic E-state index is 0.0476. The van der Waals surface area contributed by atoms with Crippen molar-refractivity contribution in [3.05, 3.63) is 29.0 Å². The molecule has 2 rings (SSSR count). The van der Waals surface area contributed by atoms with E-state index in [-0.39, 0.29) is 23.4 Å². The summed E-state index contributed by atoms with van der Waals surface area (Å²) in [7, 11) is 0. The van der Waals surface area contributed by atoms with Gasteiger partial charge >= 0.3 is 12.0 Å². The summed E-state index contributed by atoms with van der Waals surface area (Å²) in [6, 6.07) is 3.71. The maximum atomic E-state index is 13.0. The van der Waals surface area contributed by atoms with Gasteiger partial charge in [0.1, 0.15) is 5.82 Å². The van der Waals surface area contributed by atoms with E-state index in [1.807, 2.05) is 0 Å². The lowest BCUT2D eigenvalue weighted by Crippen LogP contribution is -2.33. The third-order valence-electron chi connectivity index (χ3n) is 3.51. The summed E-state index contributed by atoms with van der Waals surface area (Å²) in [5, 5.41) is 11.3. The lowest BCUT2D eigenvalue weighted by Gasteiger charge is -2.17. The van der Waals surface area contributed by atoms with Crippen LogP contribution in [0.2, 0.25) is 5.02 Å². The van der Waals surface area contributed by atoms with Crippen LogP contribution >= 0.6 is 11.6 Å². The Hall–Kier alpha value is -1.82. The van der Waals surface area contributed by atoms with Gasteiger partial charge in [-0.1, -0.05) is 11.6 Å². The Morgan fingerprint density at radius 1 is 1.48 bits per heavy atom. The fourth-order valence-corrected chi connectivity index (χ4v) is 2.54. The number of urea groups is 1. The highest BCUT2D eigenvalue weighted by Gasteiger charge is 2.26. The smallest absolute Gasteiger partial charge is 0.321 e. The number of carboxylic acids is 1. The van der Waals surface area contributed by atoms with Crippen molar-refractivity contribution in [3.63, 3.8) is 0 Å². The van der Waals surface area contributed by atoms with Gasteiger partial charge in [-0.15, -0.1) is 0 Å². The van der Waals surface area contributed by atoms with Gasteiger partial charge in [-0.3, -0.25) is 4.79 Å². The zero-order valence-corrected chi connectivity index (χ0v) is 12.1. The lowest BCUT2D eigenvalue weighted by atomic mass is 10.0. The van der Waals surface area contributed by atoms with Crippen molar-refractivity contribution in [2.75, 3.05) is 18.4 Å². The van der Waals surface area contributed by atoms with E-state index in [1.165, 1.54) is 18.2 Å². The number of amides is 2. The van der Waals surface area contributed by atoms with E-state index in [4.69, 9.17) is 16.7 Å². The number of nitrogens with zero attached hydrogens (tertiary/aromatic N) is 1. The molecule has 5 nitrogen and oxygen atoms in total. The van der Waals surface area contributed by atoms with Gasteiger partial charge in [-0.2, -0.15) is 0 Å². The predicted molar refractivity (Wildman–Crippen MR) is 77.0 cm³/mol.